The zero-order valence-corrected chi connectivity index (χ0v) is 10.4. The molecule has 1 aliphatic rings. The minimum absolute atomic E-state index is 0.0800. The second-order valence-corrected chi connectivity index (χ2v) is 5.60. The summed E-state index contributed by atoms with van der Waals surface area (Å²) in [4.78, 5) is 17.1. The normalized spacial score (nSPS) is 23.2. The first-order valence-corrected chi connectivity index (χ1v) is 6.67. The molecular formula is C12H14N2O2S. The summed E-state index contributed by atoms with van der Waals surface area (Å²) < 4.78 is 1.49. The van der Waals surface area contributed by atoms with Gasteiger partial charge in [-0.1, -0.05) is 6.92 Å². The summed E-state index contributed by atoms with van der Waals surface area (Å²) in [5.41, 5.74) is 1.42. The lowest BCUT2D eigenvalue weighted by molar-refractivity contribution is 0.275. The van der Waals surface area contributed by atoms with Crippen molar-refractivity contribution in [3.05, 3.63) is 33.2 Å². The summed E-state index contributed by atoms with van der Waals surface area (Å²) in [5.74, 6) is 1.47. The van der Waals surface area contributed by atoms with Crippen molar-refractivity contribution >= 4 is 16.3 Å². The number of aromatic nitrogens is 2. The summed E-state index contributed by atoms with van der Waals surface area (Å²) in [6.07, 6.45) is 2.15. The lowest BCUT2D eigenvalue weighted by atomic mass is 10.2. The number of hydrogen-bond acceptors (Lipinski definition) is 4. The van der Waals surface area contributed by atoms with Crippen molar-refractivity contribution < 1.29 is 5.11 Å². The first-order chi connectivity index (χ1) is 8.19. The van der Waals surface area contributed by atoms with Crippen molar-refractivity contribution in [3.8, 4) is 0 Å². The van der Waals surface area contributed by atoms with Gasteiger partial charge >= 0.3 is 0 Å². The van der Waals surface area contributed by atoms with E-state index in [1.54, 1.807) is 11.4 Å². The molecule has 1 saturated carbocycles. The van der Waals surface area contributed by atoms with Crippen LogP contribution in [0.4, 0.5) is 0 Å². The molecule has 4 nitrogen and oxygen atoms in total. The van der Waals surface area contributed by atoms with E-state index in [0.29, 0.717) is 16.6 Å². The molecule has 1 aliphatic carbocycles. The molecular weight excluding hydrogens is 236 g/mol. The van der Waals surface area contributed by atoms with Crippen LogP contribution in [0.2, 0.25) is 0 Å². The maximum atomic E-state index is 11.9. The van der Waals surface area contributed by atoms with Crippen LogP contribution in [0.1, 0.15) is 24.7 Å². The summed E-state index contributed by atoms with van der Waals surface area (Å²) >= 11 is 1.41. The molecule has 2 atom stereocenters. The van der Waals surface area contributed by atoms with Gasteiger partial charge in [-0.15, -0.1) is 11.3 Å². The van der Waals surface area contributed by atoms with Crippen LogP contribution >= 0.6 is 11.3 Å². The number of fused-ring (bicyclic) bond motifs is 1. The molecule has 0 saturated heterocycles. The Bertz CT molecular complexity index is 616. The maximum absolute atomic E-state index is 11.9. The van der Waals surface area contributed by atoms with Gasteiger partial charge in [0.25, 0.3) is 5.56 Å². The number of aliphatic hydroxyl groups is 1. The molecule has 0 spiro atoms. The highest BCUT2D eigenvalue weighted by Crippen LogP contribution is 2.39. The van der Waals surface area contributed by atoms with Crippen molar-refractivity contribution in [2.24, 2.45) is 11.8 Å². The summed E-state index contributed by atoms with van der Waals surface area (Å²) in [5, 5.41) is 10.9. The predicted octanol–water partition coefficient (Wildman–Crippen LogP) is 1.45. The molecule has 17 heavy (non-hydrogen) atoms. The molecule has 0 aliphatic heterocycles. The topological polar surface area (TPSA) is 54.6 Å². The molecule has 1 N–H and O–H groups in total. The Kier molecular flexibility index (Phi) is 2.52. The maximum Gasteiger partial charge on any atom is 0.259 e. The van der Waals surface area contributed by atoms with E-state index in [-0.39, 0.29) is 12.2 Å². The van der Waals surface area contributed by atoms with Crippen molar-refractivity contribution in [1.82, 2.24) is 9.38 Å². The Morgan fingerprint density at radius 1 is 1.65 bits per heavy atom. The van der Waals surface area contributed by atoms with Crippen LogP contribution < -0.4 is 5.56 Å². The molecule has 5 heteroatoms. The smallest absolute Gasteiger partial charge is 0.259 e. The third-order valence-electron chi connectivity index (χ3n) is 3.44. The number of nitrogens with zero attached hydrogens (tertiary/aromatic N) is 2. The summed E-state index contributed by atoms with van der Waals surface area (Å²) in [7, 11) is 0. The molecule has 90 valence electrons. The Morgan fingerprint density at radius 3 is 3.06 bits per heavy atom. The molecule has 0 bridgehead atoms. The zero-order valence-electron chi connectivity index (χ0n) is 9.59. The second kappa shape index (κ2) is 3.92. The fourth-order valence-corrected chi connectivity index (χ4v) is 3.09. The van der Waals surface area contributed by atoms with Crippen LogP contribution in [0.15, 0.2) is 16.2 Å². The van der Waals surface area contributed by atoms with Crippen LogP contribution in [-0.4, -0.2) is 14.5 Å². The van der Waals surface area contributed by atoms with E-state index in [9.17, 15) is 4.79 Å². The minimum atomic E-state index is -0.124. The molecule has 2 heterocycles. The van der Waals surface area contributed by atoms with Crippen LogP contribution in [0.3, 0.4) is 0 Å². The number of aliphatic hydroxyl groups excluding tert-OH is 1. The van der Waals surface area contributed by atoms with E-state index >= 15 is 0 Å². The molecule has 3 rings (SSSR count). The molecule has 0 radical (unpaired) electrons. The van der Waals surface area contributed by atoms with Crippen LogP contribution in [0.25, 0.3) is 4.96 Å². The minimum Gasteiger partial charge on any atom is -0.390 e. The van der Waals surface area contributed by atoms with Crippen LogP contribution in [0, 0.1) is 11.8 Å². The first kappa shape index (κ1) is 10.9. The summed E-state index contributed by atoms with van der Waals surface area (Å²) in [6.45, 7) is 2.10. The van der Waals surface area contributed by atoms with Gasteiger partial charge < -0.3 is 5.11 Å². The Hall–Kier alpha value is -1.20. The van der Waals surface area contributed by atoms with Gasteiger partial charge in [0.05, 0.1) is 12.3 Å². The first-order valence-electron chi connectivity index (χ1n) is 5.79. The van der Waals surface area contributed by atoms with Crippen molar-refractivity contribution in [2.45, 2.75) is 26.4 Å². The zero-order chi connectivity index (χ0) is 12.0. The molecule has 0 amide bonds. The molecule has 2 aromatic heterocycles. The van der Waals surface area contributed by atoms with E-state index in [1.165, 1.54) is 22.2 Å². The van der Waals surface area contributed by atoms with Crippen LogP contribution in [0.5, 0.6) is 0 Å². The number of thiazole rings is 1. The third-order valence-corrected chi connectivity index (χ3v) is 4.31. The van der Waals surface area contributed by atoms with Gasteiger partial charge in [-0.05, 0) is 24.7 Å². The Morgan fingerprint density at radius 2 is 2.41 bits per heavy atom. The SMILES string of the molecule is CC1CC1Cc1cc(=O)n2c(CO)csc2n1. The van der Waals surface area contributed by atoms with E-state index in [4.69, 9.17) is 5.11 Å². The van der Waals surface area contributed by atoms with Gasteiger partial charge in [-0.2, -0.15) is 0 Å². The van der Waals surface area contributed by atoms with Gasteiger partial charge in [-0.3, -0.25) is 9.20 Å². The van der Waals surface area contributed by atoms with Gasteiger partial charge in [-0.25, -0.2) is 4.98 Å². The predicted molar refractivity (Wildman–Crippen MR) is 66.2 cm³/mol. The Labute approximate surface area is 103 Å². The lowest BCUT2D eigenvalue weighted by Gasteiger charge is -2.01. The van der Waals surface area contributed by atoms with E-state index in [0.717, 1.165) is 18.0 Å². The van der Waals surface area contributed by atoms with Gasteiger partial charge in [0.2, 0.25) is 0 Å². The third kappa shape index (κ3) is 1.89. The fraction of sp³-hybridized carbons (Fsp3) is 0.500. The monoisotopic (exact) mass is 250 g/mol. The largest absolute Gasteiger partial charge is 0.390 e. The van der Waals surface area contributed by atoms with Gasteiger partial charge in [0, 0.05) is 17.1 Å². The van der Waals surface area contributed by atoms with Crippen molar-refractivity contribution in [2.75, 3.05) is 0 Å². The second-order valence-electron chi connectivity index (χ2n) is 4.77. The molecule has 0 aromatic carbocycles. The highest BCUT2D eigenvalue weighted by Gasteiger charge is 2.32. The quantitative estimate of drug-likeness (QED) is 0.897. The highest BCUT2D eigenvalue weighted by molar-refractivity contribution is 7.15. The van der Waals surface area contributed by atoms with Gasteiger partial charge in [0.15, 0.2) is 4.96 Å². The number of hydrogen-bond donors (Lipinski definition) is 1. The van der Waals surface area contributed by atoms with Crippen molar-refractivity contribution in [3.63, 3.8) is 0 Å². The standard InChI is InChI=1S/C12H14N2O2S/c1-7-2-8(7)3-9-4-11(16)14-10(5-15)6-17-12(14)13-9/h4,6-8,15H,2-3,5H2,1H3. The van der Waals surface area contributed by atoms with Gasteiger partial charge in [0.1, 0.15) is 0 Å². The molecule has 1 fully saturated rings. The van der Waals surface area contributed by atoms with Crippen LogP contribution in [-0.2, 0) is 13.0 Å². The summed E-state index contributed by atoms with van der Waals surface area (Å²) in [6, 6.07) is 1.60. The van der Waals surface area contributed by atoms with E-state index < -0.39 is 0 Å². The van der Waals surface area contributed by atoms with E-state index in [2.05, 4.69) is 11.9 Å². The van der Waals surface area contributed by atoms with E-state index in [1.807, 2.05) is 0 Å². The average Bonchev–Trinajstić information content (AvgIpc) is 2.83. The highest BCUT2D eigenvalue weighted by atomic mass is 32.1. The van der Waals surface area contributed by atoms with Crippen molar-refractivity contribution in [1.29, 1.82) is 0 Å². The lowest BCUT2D eigenvalue weighted by Crippen LogP contribution is -2.16. The fourth-order valence-electron chi connectivity index (χ4n) is 2.19. The number of rotatable bonds is 3. The average molecular weight is 250 g/mol. The molecule has 2 unspecified atom stereocenters. The molecule has 2 aromatic rings. The Balaban J connectivity index is 2.02.